The molecule has 0 atom stereocenters. The van der Waals surface area contributed by atoms with Gasteiger partial charge in [-0.15, -0.1) is 45.3 Å². The van der Waals surface area contributed by atoms with Crippen molar-refractivity contribution >= 4 is 214 Å². The molecule has 0 aliphatic rings. The molecule has 8 aromatic heterocycles. The summed E-state index contributed by atoms with van der Waals surface area (Å²) in [5, 5.41) is 21.9. The summed E-state index contributed by atoms with van der Waals surface area (Å²) >= 11 is 7.17. The zero-order valence-corrected chi connectivity index (χ0v) is 66.1. The van der Waals surface area contributed by atoms with Gasteiger partial charge in [0.25, 0.3) is 0 Å². The predicted molar refractivity (Wildman–Crippen MR) is 504 cm³/mol. The third kappa shape index (κ3) is 10.7. The van der Waals surface area contributed by atoms with Gasteiger partial charge in [-0.3, -0.25) is 9.97 Å². The van der Waals surface area contributed by atoms with Crippen LogP contribution in [0.4, 0.5) is 0 Å². The van der Waals surface area contributed by atoms with Gasteiger partial charge in [-0.05, 0) is 161 Å². The molecule has 26 aromatic rings. The van der Waals surface area contributed by atoms with Crippen LogP contribution in [0.3, 0.4) is 0 Å². The molecule has 18 aromatic carbocycles. The van der Waals surface area contributed by atoms with E-state index in [2.05, 4.69) is 352 Å². The van der Waals surface area contributed by atoms with Gasteiger partial charge in [0.2, 0.25) is 0 Å². The van der Waals surface area contributed by atoms with Gasteiger partial charge in [-0.25, -0.2) is 9.97 Å². The maximum atomic E-state index is 6.69. The molecule has 8 heterocycles. The molecule has 0 saturated heterocycles. The van der Waals surface area contributed by atoms with Crippen molar-refractivity contribution in [1.82, 2.24) is 19.9 Å². The molecule has 26 rings (SSSR count). The zero-order valence-electron chi connectivity index (χ0n) is 62.9. The molecule has 6 nitrogen and oxygen atoms in total. The van der Waals surface area contributed by atoms with Crippen molar-refractivity contribution in [3.05, 3.63) is 364 Å². The topological polar surface area (TPSA) is 77.8 Å². The molecule has 10 heteroatoms. The Morgan fingerprint density at radius 3 is 0.975 bits per heavy atom. The van der Waals surface area contributed by atoms with Crippen LogP contribution in [0, 0.1) is 0 Å². The molecular weight excluding hydrogens is 1510 g/mol. The molecule has 0 N–H and O–H groups in total. The number of fused-ring (bicyclic) bond motifs is 26. The van der Waals surface area contributed by atoms with Gasteiger partial charge in [0.05, 0.1) is 23.8 Å². The summed E-state index contributed by atoms with van der Waals surface area (Å²) in [4.78, 5) is 22.4. The largest absolute Gasteiger partial charge is 0.455 e. The predicted octanol–water partition coefficient (Wildman–Crippen LogP) is 32.2. The lowest BCUT2D eigenvalue weighted by Gasteiger charge is -2.08. The summed E-state index contributed by atoms with van der Waals surface area (Å²) in [7, 11) is 0. The Morgan fingerprint density at radius 1 is 0.203 bits per heavy atom. The van der Waals surface area contributed by atoms with Gasteiger partial charge >= 0.3 is 0 Å². The molecule has 548 valence electrons. The van der Waals surface area contributed by atoms with Gasteiger partial charge < -0.3 is 8.83 Å². The molecule has 0 aliphatic carbocycles. The summed E-state index contributed by atoms with van der Waals surface area (Å²) < 4.78 is 21.0. The van der Waals surface area contributed by atoms with E-state index >= 15 is 0 Å². The standard InChI is InChI=1S/C54H30N2O2S.C54H30N2S3/c1-3-15-38-31(9-1)21-24-44-42-19-7-17-40(52(42)57-50(38)44)35-12-5-11-33(27-35)34-23-26-48-46(29-34)49-54(59-48)56-47(30-55-49)37-14-6-13-36(28-37)41-18-8-20-43-45-25-22-32-10-2-4-16-39(32)51(45)58-53(41)43;1-3-15-38-31(9-1)21-25-47-49(38)42-19-7-17-40(52(42)57-47)35-12-5-11-33(27-35)34-23-24-46-44(29-34)51-54(59-46)56-45(30-55-51)37-14-6-13-36(28-37)41-18-8-20-43-50-39-16-4-2-10-32(39)22-26-48(50)58-53(41)43/h2*1-30H. The van der Waals surface area contributed by atoms with E-state index in [1.165, 1.54) is 111 Å². The average Bonchev–Trinajstić information content (AvgIpc) is 1.50. The van der Waals surface area contributed by atoms with Crippen LogP contribution in [-0.2, 0) is 0 Å². The van der Waals surface area contributed by atoms with Crippen LogP contribution >= 0.6 is 45.3 Å². The second-order valence-corrected chi connectivity index (χ2v) is 34.7. The van der Waals surface area contributed by atoms with Gasteiger partial charge in [-0.1, -0.05) is 279 Å². The highest BCUT2D eigenvalue weighted by Crippen LogP contribution is 2.49. The van der Waals surface area contributed by atoms with Crippen molar-refractivity contribution in [2.45, 2.75) is 0 Å². The Bertz CT molecular complexity index is 8530. The number of aromatic nitrogens is 4. The van der Waals surface area contributed by atoms with Crippen molar-refractivity contribution in [2.24, 2.45) is 0 Å². The minimum atomic E-state index is 0.842. The molecule has 0 spiro atoms. The molecule has 0 radical (unpaired) electrons. The van der Waals surface area contributed by atoms with Crippen LogP contribution < -0.4 is 0 Å². The number of hydrogen-bond donors (Lipinski definition) is 0. The molecule has 0 bridgehead atoms. The average molecular weight is 1570 g/mol. The zero-order chi connectivity index (χ0) is 77.2. The Kier molecular flexibility index (Phi) is 15.1. The molecule has 0 amide bonds. The van der Waals surface area contributed by atoms with Gasteiger partial charge in [-0.2, -0.15) is 0 Å². The number of para-hydroxylation sites is 2. The van der Waals surface area contributed by atoms with Gasteiger partial charge in [0, 0.05) is 115 Å². The first kappa shape index (κ1) is 67.0. The highest BCUT2D eigenvalue weighted by atomic mass is 32.1. The summed E-state index contributed by atoms with van der Waals surface area (Å²) in [6, 6.07) is 127. The first-order chi connectivity index (χ1) is 58.4. The van der Waals surface area contributed by atoms with Crippen LogP contribution in [0.2, 0.25) is 0 Å². The second kappa shape index (κ2) is 26.6. The van der Waals surface area contributed by atoms with E-state index in [0.29, 0.717) is 0 Å². The normalized spacial score (nSPS) is 12.1. The fraction of sp³-hybridized carbons (Fsp3) is 0. The molecule has 0 saturated carbocycles. The third-order valence-electron chi connectivity index (χ3n) is 23.9. The summed E-state index contributed by atoms with van der Waals surface area (Å²) in [5.41, 5.74) is 23.2. The molecular formula is C108H60N4O2S4. The lowest BCUT2D eigenvalue weighted by molar-refractivity contribution is 0.673. The Morgan fingerprint density at radius 2 is 0.525 bits per heavy atom. The molecule has 0 aliphatic heterocycles. The van der Waals surface area contributed by atoms with E-state index in [1.807, 2.05) is 35.1 Å². The summed E-state index contributed by atoms with van der Waals surface area (Å²) in [6.45, 7) is 0. The lowest BCUT2D eigenvalue weighted by Crippen LogP contribution is -1.87. The van der Waals surface area contributed by atoms with Gasteiger partial charge in [0.1, 0.15) is 43.0 Å². The minimum Gasteiger partial charge on any atom is -0.455 e. The summed E-state index contributed by atoms with van der Waals surface area (Å²) in [6.07, 6.45) is 3.86. The Hall–Kier alpha value is -14.4. The molecule has 0 unspecified atom stereocenters. The van der Waals surface area contributed by atoms with E-state index in [0.717, 1.165) is 147 Å². The monoisotopic (exact) mass is 1570 g/mol. The maximum absolute atomic E-state index is 6.69. The van der Waals surface area contributed by atoms with Crippen molar-refractivity contribution in [2.75, 3.05) is 0 Å². The van der Waals surface area contributed by atoms with Crippen LogP contribution in [0.25, 0.3) is 257 Å². The fourth-order valence-electron chi connectivity index (χ4n) is 18.2. The SMILES string of the molecule is c1cc(-c2ccc3sc4nc(-c5cccc(-c6cccc7c6oc6c8ccccc8ccc76)c5)cnc4c3c2)cc(-c2cccc3c2oc2c4ccccc4ccc32)c1.c1cc(-c2ccc3sc4nc(-c5cccc(-c6cccc7c6sc6ccc8ccccc8c67)c5)cnc4c3c2)cc(-c2cccc3c2sc2ccc4ccccc4c23)c1. The molecule has 0 fully saturated rings. The minimum absolute atomic E-state index is 0.842. The van der Waals surface area contributed by atoms with Crippen LogP contribution in [-0.4, -0.2) is 19.9 Å². The van der Waals surface area contributed by atoms with Crippen molar-refractivity contribution in [3.63, 3.8) is 0 Å². The van der Waals surface area contributed by atoms with E-state index in [-0.39, 0.29) is 0 Å². The first-order valence-electron chi connectivity index (χ1n) is 39.6. The van der Waals surface area contributed by atoms with Crippen LogP contribution in [0.5, 0.6) is 0 Å². The van der Waals surface area contributed by atoms with Crippen molar-refractivity contribution in [1.29, 1.82) is 0 Å². The first-order valence-corrected chi connectivity index (χ1v) is 42.8. The third-order valence-corrected chi connectivity index (χ3v) is 28.4. The quantitative estimate of drug-likeness (QED) is 0.151. The number of rotatable bonds is 8. The number of furan rings is 2. The van der Waals surface area contributed by atoms with E-state index in [9.17, 15) is 0 Å². The Balaban J connectivity index is 0.000000131. The fourth-order valence-corrected chi connectivity index (χ4v) is 22.8. The van der Waals surface area contributed by atoms with E-state index in [4.69, 9.17) is 28.8 Å². The number of nitrogens with zero attached hydrogens (tertiary/aromatic N) is 4. The summed E-state index contributed by atoms with van der Waals surface area (Å²) in [5.74, 6) is 0. The number of thiophene rings is 4. The van der Waals surface area contributed by atoms with Crippen LogP contribution in [0.1, 0.15) is 0 Å². The van der Waals surface area contributed by atoms with Gasteiger partial charge in [0.15, 0.2) is 0 Å². The Labute approximate surface area is 690 Å². The molecule has 118 heavy (non-hydrogen) atoms. The van der Waals surface area contributed by atoms with Crippen molar-refractivity contribution < 1.29 is 8.83 Å². The maximum Gasteiger partial charge on any atom is 0.143 e. The lowest BCUT2D eigenvalue weighted by atomic mass is 9.96. The highest BCUT2D eigenvalue weighted by molar-refractivity contribution is 7.27. The number of hydrogen-bond acceptors (Lipinski definition) is 10. The number of benzene rings is 18. The van der Waals surface area contributed by atoms with Crippen molar-refractivity contribution in [3.8, 4) is 89.3 Å². The highest BCUT2D eigenvalue weighted by Gasteiger charge is 2.22. The van der Waals surface area contributed by atoms with E-state index in [1.54, 1.807) is 22.7 Å². The second-order valence-electron chi connectivity index (χ2n) is 30.6. The van der Waals surface area contributed by atoms with E-state index < -0.39 is 0 Å². The van der Waals surface area contributed by atoms with Crippen LogP contribution in [0.15, 0.2) is 373 Å². The smallest absolute Gasteiger partial charge is 0.143 e.